The summed E-state index contributed by atoms with van der Waals surface area (Å²) < 4.78 is 10.9. The summed E-state index contributed by atoms with van der Waals surface area (Å²) in [4.78, 5) is 13.9. The van der Waals surface area contributed by atoms with E-state index in [1.807, 2.05) is 31.1 Å². The Hall–Kier alpha value is -2.28. The zero-order valence-corrected chi connectivity index (χ0v) is 17.6. The molecule has 154 valence electrons. The Labute approximate surface area is 168 Å². The molecule has 2 aromatic rings. The summed E-state index contributed by atoms with van der Waals surface area (Å²) in [5.74, 6) is 2.88. The van der Waals surface area contributed by atoms with E-state index in [-0.39, 0.29) is 0 Å². The van der Waals surface area contributed by atoms with Crippen LogP contribution in [0, 0.1) is 0 Å². The lowest BCUT2D eigenvalue weighted by molar-refractivity contribution is 0.329. The summed E-state index contributed by atoms with van der Waals surface area (Å²) >= 11 is 0. The van der Waals surface area contributed by atoms with Crippen LogP contribution in [0.25, 0.3) is 10.9 Å². The van der Waals surface area contributed by atoms with Gasteiger partial charge in [0, 0.05) is 32.1 Å². The quantitative estimate of drug-likeness (QED) is 0.627. The lowest BCUT2D eigenvalue weighted by atomic mass is 10.2. The molecule has 0 bridgehead atoms. The predicted octanol–water partition coefficient (Wildman–Crippen LogP) is 3.39. The van der Waals surface area contributed by atoms with E-state index in [1.54, 1.807) is 14.2 Å². The lowest BCUT2D eigenvalue weighted by Gasteiger charge is -2.17. The predicted molar refractivity (Wildman–Crippen MR) is 115 cm³/mol. The Morgan fingerprint density at radius 3 is 2.39 bits per heavy atom. The van der Waals surface area contributed by atoms with Gasteiger partial charge in [0.25, 0.3) is 0 Å². The molecule has 1 saturated heterocycles. The van der Waals surface area contributed by atoms with Crippen molar-refractivity contribution in [2.45, 2.75) is 32.1 Å². The van der Waals surface area contributed by atoms with Gasteiger partial charge in [0.05, 0.1) is 19.7 Å². The van der Waals surface area contributed by atoms with Crippen molar-refractivity contribution in [1.82, 2.24) is 14.9 Å². The normalized spacial score (nSPS) is 14.4. The van der Waals surface area contributed by atoms with Gasteiger partial charge < -0.3 is 24.6 Å². The minimum absolute atomic E-state index is 0.672. The number of aromatic nitrogens is 2. The average Bonchev–Trinajstić information content (AvgIpc) is 3.22. The van der Waals surface area contributed by atoms with Gasteiger partial charge in [-0.1, -0.05) is 6.42 Å². The molecule has 0 amide bonds. The van der Waals surface area contributed by atoms with Crippen molar-refractivity contribution in [2.24, 2.45) is 0 Å². The van der Waals surface area contributed by atoms with Crippen LogP contribution in [0.4, 0.5) is 11.8 Å². The van der Waals surface area contributed by atoms with Gasteiger partial charge in [0.15, 0.2) is 11.5 Å². The minimum Gasteiger partial charge on any atom is -0.493 e. The molecule has 3 rings (SSSR count). The van der Waals surface area contributed by atoms with Gasteiger partial charge in [0.2, 0.25) is 5.95 Å². The molecular formula is C21H33N5O2. The molecule has 1 aliphatic rings. The van der Waals surface area contributed by atoms with Gasteiger partial charge in [-0.05, 0) is 51.4 Å². The molecule has 0 radical (unpaired) electrons. The van der Waals surface area contributed by atoms with Gasteiger partial charge in [-0.2, -0.15) is 4.98 Å². The summed E-state index contributed by atoms with van der Waals surface area (Å²) in [5, 5.41) is 4.46. The highest BCUT2D eigenvalue weighted by atomic mass is 16.5. The number of hydrogen-bond acceptors (Lipinski definition) is 7. The molecule has 1 aromatic carbocycles. The second kappa shape index (κ2) is 9.78. The van der Waals surface area contributed by atoms with E-state index in [2.05, 4.69) is 15.2 Å². The first-order chi connectivity index (χ1) is 13.6. The van der Waals surface area contributed by atoms with Crippen molar-refractivity contribution >= 4 is 22.7 Å². The summed E-state index contributed by atoms with van der Waals surface area (Å²) in [7, 11) is 7.18. The fourth-order valence-corrected chi connectivity index (χ4v) is 3.63. The monoisotopic (exact) mass is 387 g/mol. The van der Waals surface area contributed by atoms with E-state index in [0.29, 0.717) is 17.4 Å². The van der Waals surface area contributed by atoms with Crippen LogP contribution in [-0.4, -0.2) is 69.4 Å². The molecule has 0 unspecified atom stereocenters. The molecular weight excluding hydrogens is 354 g/mol. The summed E-state index contributed by atoms with van der Waals surface area (Å²) in [6, 6.07) is 3.85. The maximum Gasteiger partial charge on any atom is 0.227 e. The zero-order chi connectivity index (χ0) is 19.9. The molecule has 7 nitrogen and oxygen atoms in total. The van der Waals surface area contributed by atoms with E-state index >= 15 is 0 Å². The fourth-order valence-electron chi connectivity index (χ4n) is 3.63. The number of likely N-dealkylation sites (tertiary alicyclic amines) is 1. The molecule has 2 heterocycles. The van der Waals surface area contributed by atoms with E-state index in [1.165, 1.54) is 45.3 Å². The first kappa shape index (κ1) is 20.5. The Morgan fingerprint density at radius 2 is 1.71 bits per heavy atom. The van der Waals surface area contributed by atoms with E-state index < -0.39 is 0 Å². The third-order valence-corrected chi connectivity index (χ3v) is 5.23. The average molecular weight is 388 g/mol. The van der Waals surface area contributed by atoms with Gasteiger partial charge in [-0.3, -0.25) is 0 Å². The van der Waals surface area contributed by atoms with Gasteiger partial charge in [-0.25, -0.2) is 4.98 Å². The third-order valence-electron chi connectivity index (χ3n) is 5.23. The summed E-state index contributed by atoms with van der Waals surface area (Å²) in [5.41, 5.74) is 0.841. The molecule has 0 aliphatic carbocycles. The van der Waals surface area contributed by atoms with Crippen LogP contribution >= 0.6 is 0 Å². The summed E-state index contributed by atoms with van der Waals surface area (Å²) in [6.45, 7) is 4.69. The molecule has 0 spiro atoms. The third kappa shape index (κ3) is 4.95. The SMILES string of the molecule is COc1cc2nc(N(C)C)nc(NCCCCCN3CCCC3)c2cc1OC. The Morgan fingerprint density at radius 1 is 1.00 bits per heavy atom. The summed E-state index contributed by atoms with van der Waals surface area (Å²) in [6.07, 6.45) is 6.35. The van der Waals surface area contributed by atoms with Crippen LogP contribution in [0.5, 0.6) is 11.5 Å². The van der Waals surface area contributed by atoms with E-state index in [0.717, 1.165) is 29.7 Å². The number of methoxy groups -OCH3 is 2. The Kier molecular flexibility index (Phi) is 7.14. The van der Waals surface area contributed by atoms with Crippen molar-refractivity contribution < 1.29 is 9.47 Å². The fraction of sp³-hybridized carbons (Fsp3) is 0.619. The highest BCUT2D eigenvalue weighted by Crippen LogP contribution is 2.34. The number of rotatable bonds is 10. The number of nitrogens with zero attached hydrogens (tertiary/aromatic N) is 4. The largest absolute Gasteiger partial charge is 0.493 e. The molecule has 1 aliphatic heterocycles. The molecule has 28 heavy (non-hydrogen) atoms. The standard InChI is InChI=1S/C21H33N5O2/c1-25(2)21-23-17-15-19(28-4)18(27-3)14-16(17)20(24-21)22-10-6-5-7-11-26-12-8-9-13-26/h14-15H,5-13H2,1-4H3,(H,22,23,24). The highest BCUT2D eigenvalue weighted by molar-refractivity contribution is 5.92. The van der Waals surface area contributed by atoms with Crippen LogP contribution in [0.2, 0.25) is 0 Å². The van der Waals surface area contributed by atoms with Crippen molar-refractivity contribution in [3.8, 4) is 11.5 Å². The lowest BCUT2D eigenvalue weighted by Crippen LogP contribution is -2.20. The van der Waals surface area contributed by atoms with Crippen LogP contribution in [0.1, 0.15) is 32.1 Å². The molecule has 1 fully saturated rings. The van der Waals surface area contributed by atoms with Crippen LogP contribution in [0.15, 0.2) is 12.1 Å². The van der Waals surface area contributed by atoms with Gasteiger partial charge in [0.1, 0.15) is 5.82 Å². The molecule has 0 saturated carbocycles. The maximum atomic E-state index is 5.46. The second-order valence-corrected chi connectivity index (χ2v) is 7.53. The maximum absolute atomic E-state index is 5.46. The Bertz CT molecular complexity index is 775. The number of nitrogens with one attached hydrogen (secondary N) is 1. The van der Waals surface area contributed by atoms with Crippen LogP contribution in [0.3, 0.4) is 0 Å². The van der Waals surface area contributed by atoms with Crippen LogP contribution < -0.4 is 19.7 Å². The first-order valence-electron chi connectivity index (χ1n) is 10.2. The van der Waals surface area contributed by atoms with Crippen LogP contribution in [-0.2, 0) is 0 Å². The molecule has 1 N–H and O–H groups in total. The zero-order valence-electron chi connectivity index (χ0n) is 17.6. The number of anilines is 2. The molecule has 7 heteroatoms. The molecule has 1 aromatic heterocycles. The number of ether oxygens (including phenoxy) is 2. The topological polar surface area (TPSA) is 62.8 Å². The van der Waals surface area contributed by atoms with Gasteiger partial charge in [-0.15, -0.1) is 0 Å². The number of fused-ring (bicyclic) bond motifs is 1. The van der Waals surface area contributed by atoms with Gasteiger partial charge >= 0.3 is 0 Å². The van der Waals surface area contributed by atoms with E-state index in [9.17, 15) is 0 Å². The van der Waals surface area contributed by atoms with Crippen molar-refractivity contribution in [2.75, 3.05) is 64.7 Å². The minimum atomic E-state index is 0.672. The van der Waals surface area contributed by atoms with Crippen molar-refractivity contribution in [1.29, 1.82) is 0 Å². The first-order valence-corrected chi connectivity index (χ1v) is 10.2. The smallest absolute Gasteiger partial charge is 0.227 e. The van der Waals surface area contributed by atoms with Crippen molar-refractivity contribution in [3.05, 3.63) is 12.1 Å². The number of unbranched alkanes of at least 4 members (excludes halogenated alkanes) is 2. The van der Waals surface area contributed by atoms with Crippen molar-refractivity contribution in [3.63, 3.8) is 0 Å². The number of benzene rings is 1. The second-order valence-electron chi connectivity index (χ2n) is 7.53. The number of hydrogen-bond donors (Lipinski definition) is 1. The molecule has 0 atom stereocenters. The Balaban J connectivity index is 1.67. The van der Waals surface area contributed by atoms with E-state index in [4.69, 9.17) is 14.5 Å². The highest BCUT2D eigenvalue weighted by Gasteiger charge is 2.14.